The monoisotopic (exact) mass is 361 g/mol. The molecule has 6 nitrogen and oxygen atoms in total. The maximum atomic E-state index is 9.51. The number of thioether (sulfide) groups is 1. The molecular weight excluding hydrogens is 342 g/mol. The molecule has 0 aliphatic rings. The zero-order valence-electron chi connectivity index (χ0n) is 13.5. The number of nitrogens with one attached hydrogen (secondary N) is 1. The van der Waals surface area contributed by atoms with Gasteiger partial charge in [-0.1, -0.05) is 53.4 Å². The van der Waals surface area contributed by atoms with Crippen LogP contribution in [-0.2, 0) is 5.75 Å². The lowest BCUT2D eigenvalue weighted by Crippen LogP contribution is -2.35. The fraction of sp³-hybridized carbons (Fsp3) is 0.312. The summed E-state index contributed by atoms with van der Waals surface area (Å²) in [5.74, 6) is 1.43. The molecule has 0 atom stereocenters. The van der Waals surface area contributed by atoms with Crippen LogP contribution in [0, 0.1) is 0 Å². The Bertz CT molecular complexity index is 835. The molecule has 24 heavy (non-hydrogen) atoms. The summed E-state index contributed by atoms with van der Waals surface area (Å²) in [5.41, 5.74) is 7.11. The number of nitrogens with zero attached hydrogens (tertiary/aromatic N) is 3. The molecule has 0 fully saturated rings. The molecule has 0 saturated carbocycles. The fourth-order valence-electron chi connectivity index (χ4n) is 2.05. The Kier molecular flexibility index (Phi) is 4.88. The smallest absolute Gasteiger partial charge is 0.191 e. The third-order valence-electron chi connectivity index (χ3n) is 3.31. The molecular formula is C16H19N5OS2. The number of benzene rings is 1. The maximum Gasteiger partial charge on any atom is 0.191 e. The van der Waals surface area contributed by atoms with Gasteiger partial charge in [-0.3, -0.25) is 0 Å². The number of nitrogen functional groups attached to an aromatic ring is 1. The van der Waals surface area contributed by atoms with Crippen LogP contribution in [0.1, 0.15) is 19.4 Å². The second-order valence-electron chi connectivity index (χ2n) is 6.00. The van der Waals surface area contributed by atoms with Gasteiger partial charge >= 0.3 is 0 Å². The summed E-state index contributed by atoms with van der Waals surface area (Å²) in [6, 6.07) is 10.2. The van der Waals surface area contributed by atoms with Gasteiger partial charge in [-0.05, 0) is 19.4 Å². The third kappa shape index (κ3) is 3.95. The Morgan fingerprint density at radius 1 is 1.21 bits per heavy atom. The molecule has 1 aromatic carbocycles. The molecule has 0 saturated heterocycles. The zero-order chi connectivity index (χ0) is 17.2. The molecule has 0 amide bonds. The Morgan fingerprint density at radius 2 is 1.96 bits per heavy atom. The molecule has 4 N–H and O–H groups in total. The molecule has 3 rings (SSSR count). The van der Waals surface area contributed by atoms with Crippen molar-refractivity contribution in [3.8, 4) is 0 Å². The number of hydrogen-bond donors (Lipinski definition) is 3. The predicted molar refractivity (Wildman–Crippen MR) is 100 cm³/mol. The van der Waals surface area contributed by atoms with E-state index in [1.54, 1.807) is 11.8 Å². The minimum atomic E-state index is -0.499. The molecule has 0 aliphatic heterocycles. The van der Waals surface area contributed by atoms with Crippen LogP contribution in [-0.4, -0.2) is 32.2 Å². The van der Waals surface area contributed by atoms with E-state index in [1.807, 2.05) is 32.0 Å². The van der Waals surface area contributed by atoms with Crippen LogP contribution in [0.15, 0.2) is 35.5 Å². The van der Waals surface area contributed by atoms with E-state index in [0.29, 0.717) is 21.8 Å². The molecule has 0 bridgehead atoms. The largest absolute Gasteiger partial charge is 0.394 e. The van der Waals surface area contributed by atoms with Crippen molar-refractivity contribution >= 4 is 44.4 Å². The highest BCUT2D eigenvalue weighted by Crippen LogP contribution is 2.32. The number of nitrogens with two attached hydrogens (primary N) is 1. The van der Waals surface area contributed by atoms with E-state index in [9.17, 15) is 5.11 Å². The molecule has 0 aliphatic carbocycles. The summed E-state index contributed by atoms with van der Waals surface area (Å²) in [6.07, 6.45) is 0. The summed E-state index contributed by atoms with van der Waals surface area (Å²) in [4.78, 5) is 13.4. The van der Waals surface area contributed by atoms with Crippen LogP contribution in [0.3, 0.4) is 0 Å². The van der Waals surface area contributed by atoms with E-state index in [0.717, 1.165) is 10.5 Å². The Hall–Kier alpha value is -1.90. The Morgan fingerprint density at radius 3 is 2.67 bits per heavy atom. The molecule has 0 unspecified atom stereocenters. The number of hydrogen-bond acceptors (Lipinski definition) is 8. The average Bonchev–Trinajstić information content (AvgIpc) is 2.94. The van der Waals surface area contributed by atoms with Gasteiger partial charge in [0.25, 0.3) is 0 Å². The molecule has 2 aromatic heterocycles. The highest BCUT2D eigenvalue weighted by Gasteiger charge is 2.21. The van der Waals surface area contributed by atoms with Gasteiger partial charge in [-0.25, -0.2) is 15.0 Å². The second-order valence-corrected chi connectivity index (χ2v) is 7.97. The molecule has 126 valence electrons. The first-order valence-corrected chi connectivity index (χ1v) is 9.27. The van der Waals surface area contributed by atoms with Gasteiger partial charge in [0.15, 0.2) is 21.8 Å². The minimum Gasteiger partial charge on any atom is -0.394 e. The van der Waals surface area contributed by atoms with Crippen molar-refractivity contribution in [2.75, 3.05) is 17.7 Å². The summed E-state index contributed by atoms with van der Waals surface area (Å²) in [7, 11) is 0. The predicted octanol–water partition coefficient (Wildman–Crippen LogP) is 3.14. The summed E-state index contributed by atoms with van der Waals surface area (Å²) >= 11 is 2.89. The SMILES string of the molecule is CC(C)(CO)Nc1nc(SCc2ccccc2)nc2nc(N)sc12. The lowest BCUT2D eigenvalue weighted by atomic mass is 10.1. The second kappa shape index (κ2) is 6.92. The number of thiazole rings is 1. The van der Waals surface area contributed by atoms with Gasteiger partial charge in [0.05, 0.1) is 12.1 Å². The summed E-state index contributed by atoms with van der Waals surface area (Å²) in [5, 5.41) is 13.9. The molecule has 3 aromatic rings. The van der Waals surface area contributed by atoms with Crippen LogP contribution in [0.4, 0.5) is 10.9 Å². The van der Waals surface area contributed by atoms with Gasteiger partial charge in [-0.15, -0.1) is 0 Å². The summed E-state index contributed by atoms with van der Waals surface area (Å²) in [6.45, 7) is 3.80. The first-order chi connectivity index (χ1) is 11.5. The topological polar surface area (TPSA) is 97.0 Å². The number of aliphatic hydroxyl groups is 1. The van der Waals surface area contributed by atoms with Crippen LogP contribution in [0.25, 0.3) is 10.3 Å². The standard InChI is InChI=1S/C16H19N5OS2/c1-16(2,9-22)21-13-11-12(18-14(17)24-11)19-15(20-13)23-8-10-6-4-3-5-7-10/h3-7,22H,8-9H2,1-2H3,(H3,17,18,19,20,21). The van der Waals surface area contributed by atoms with E-state index in [1.165, 1.54) is 16.9 Å². The quantitative estimate of drug-likeness (QED) is 0.458. The van der Waals surface area contributed by atoms with E-state index in [-0.39, 0.29) is 6.61 Å². The fourth-order valence-corrected chi connectivity index (χ4v) is 3.56. The van der Waals surface area contributed by atoms with Crippen LogP contribution in [0.5, 0.6) is 0 Å². The molecule has 2 heterocycles. The van der Waals surface area contributed by atoms with Crippen molar-refractivity contribution in [3.63, 3.8) is 0 Å². The van der Waals surface area contributed by atoms with Gasteiger partial charge < -0.3 is 16.2 Å². The summed E-state index contributed by atoms with van der Waals surface area (Å²) < 4.78 is 0.804. The zero-order valence-corrected chi connectivity index (χ0v) is 15.1. The first-order valence-electron chi connectivity index (χ1n) is 7.47. The number of rotatable bonds is 6. The molecule has 0 spiro atoms. The van der Waals surface area contributed by atoms with Gasteiger partial charge in [0.2, 0.25) is 0 Å². The van der Waals surface area contributed by atoms with Crippen molar-refractivity contribution < 1.29 is 5.11 Å². The highest BCUT2D eigenvalue weighted by atomic mass is 32.2. The minimum absolute atomic E-state index is 0.0146. The van der Waals surface area contributed by atoms with Crippen molar-refractivity contribution in [3.05, 3.63) is 35.9 Å². The lowest BCUT2D eigenvalue weighted by molar-refractivity contribution is 0.234. The number of anilines is 2. The number of aliphatic hydroxyl groups excluding tert-OH is 1. The van der Waals surface area contributed by atoms with Crippen molar-refractivity contribution in [1.82, 2.24) is 15.0 Å². The number of fused-ring (bicyclic) bond motifs is 1. The number of aromatic nitrogens is 3. The average molecular weight is 361 g/mol. The van der Waals surface area contributed by atoms with E-state index < -0.39 is 5.54 Å². The normalized spacial score (nSPS) is 11.8. The molecule has 8 heteroatoms. The first kappa shape index (κ1) is 16.9. The Balaban J connectivity index is 1.91. The Labute approximate surface area is 148 Å². The van der Waals surface area contributed by atoms with Crippen molar-refractivity contribution in [2.24, 2.45) is 0 Å². The van der Waals surface area contributed by atoms with Crippen LogP contribution < -0.4 is 11.1 Å². The van der Waals surface area contributed by atoms with E-state index in [2.05, 4.69) is 32.4 Å². The van der Waals surface area contributed by atoms with Crippen LogP contribution in [0.2, 0.25) is 0 Å². The lowest BCUT2D eigenvalue weighted by Gasteiger charge is -2.24. The van der Waals surface area contributed by atoms with Gasteiger partial charge in [0, 0.05) is 5.75 Å². The van der Waals surface area contributed by atoms with Gasteiger partial charge in [0.1, 0.15) is 4.70 Å². The third-order valence-corrected chi connectivity index (χ3v) is 5.11. The van der Waals surface area contributed by atoms with Crippen molar-refractivity contribution in [1.29, 1.82) is 0 Å². The van der Waals surface area contributed by atoms with Crippen LogP contribution >= 0.6 is 23.1 Å². The van der Waals surface area contributed by atoms with E-state index >= 15 is 0 Å². The van der Waals surface area contributed by atoms with Gasteiger partial charge in [-0.2, -0.15) is 0 Å². The van der Waals surface area contributed by atoms with Crippen molar-refractivity contribution in [2.45, 2.75) is 30.3 Å². The van der Waals surface area contributed by atoms with E-state index in [4.69, 9.17) is 5.73 Å². The highest BCUT2D eigenvalue weighted by molar-refractivity contribution is 7.98. The molecule has 0 radical (unpaired) electrons. The maximum absolute atomic E-state index is 9.51.